The molecule has 0 unspecified atom stereocenters. The highest BCUT2D eigenvalue weighted by Gasteiger charge is 2.36. The van der Waals surface area contributed by atoms with Crippen LogP contribution in [0.5, 0.6) is 11.5 Å². The molecule has 1 aliphatic heterocycles. The molecule has 0 radical (unpaired) electrons. The van der Waals surface area contributed by atoms with Crippen molar-refractivity contribution < 1.29 is 14.3 Å². The van der Waals surface area contributed by atoms with Crippen molar-refractivity contribution in [2.24, 2.45) is 0 Å². The second-order valence-corrected chi connectivity index (χ2v) is 8.92. The Morgan fingerprint density at radius 1 is 1.00 bits per heavy atom. The Morgan fingerprint density at radius 3 is 2.62 bits per heavy atom. The first-order chi connectivity index (χ1) is 16.5. The molecule has 174 valence electrons. The predicted octanol–water partition coefficient (Wildman–Crippen LogP) is 5.24. The summed E-state index contributed by atoms with van der Waals surface area (Å²) in [6, 6.07) is 20.3. The number of nitrogens with zero attached hydrogens (tertiary/aromatic N) is 3. The van der Waals surface area contributed by atoms with Gasteiger partial charge in [0.1, 0.15) is 17.3 Å². The van der Waals surface area contributed by atoms with Crippen LogP contribution in [0.15, 0.2) is 60.7 Å². The summed E-state index contributed by atoms with van der Waals surface area (Å²) in [6.45, 7) is 5.52. The highest BCUT2D eigenvalue weighted by atomic mass is 16.5. The zero-order chi connectivity index (χ0) is 23.8. The van der Waals surface area contributed by atoms with E-state index >= 15 is 0 Å². The number of methoxy groups -OCH3 is 2. The molecular weight excluding hydrogens is 426 g/mol. The van der Waals surface area contributed by atoms with Crippen LogP contribution in [0, 0.1) is 13.8 Å². The van der Waals surface area contributed by atoms with Crippen molar-refractivity contribution in [2.45, 2.75) is 32.7 Å². The normalized spacial score (nSPS) is 15.8. The number of benzene rings is 3. The minimum Gasteiger partial charge on any atom is -0.497 e. The first-order valence-electron chi connectivity index (χ1n) is 11.5. The van der Waals surface area contributed by atoms with Crippen LogP contribution >= 0.6 is 0 Å². The quantitative estimate of drug-likeness (QED) is 0.399. The molecule has 3 aromatic carbocycles. The van der Waals surface area contributed by atoms with Gasteiger partial charge < -0.3 is 18.9 Å². The van der Waals surface area contributed by atoms with E-state index in [0.29, 0.717) is 24.5 Å². The Labute approximate surface area is 199 Å². The standard InChI is InChI=1S/C28H29N3O3/c1-18-9-10-19(2)20(13-18)16-31-24-8-6-5-7-23(24)29-28(31)21-14-27(32)30(17-21)25-15-22(33-3)11-12-26(25)34-4/h5-13,15,21H,14,16-17H2,1-4H3/t21-/m1/s1. The Kier molecular flexibility index (Phi) is 5.74. The lowest BCUT2D eigenvalue weighted by Gasteiger charge is -2.21. The van der Waals surface area contributed by atoms with Crippen LogP contribution in [-0.2, 0) is 11.3 Å². The van der Waals surface area contributed by atoms with Gasteiger partial charge in [0.15, 0.2) is 0 Å². The number of hydrogen-bond acceptors (Lipinski definition) is 4. The summed E-state index contributed by atoms with van der Waals surface area (Å²) in [4.78, 5) is 20.0. The Morgan fingerprint density at radius 2 is 1.82 bits per heavy atom. The van der Waals surface area contributed by atoms with Crippen molar-refractivity contribution in [3.63, 3.8) is 0 Å². The van der Waals surface area contributed by atoms with E-state index in [1.54, 1.807) is 19.1 Å². The fourth-order valence-electron chi connectivity index (χ4n) is 4.83. The lowest BCUT2D eigenvalue weighted by Crippen LogP contribution is -2.25. The monoisotopic (exact) mass is 455 g/mol. The predicted molar refractivity (Wildman–Crippen MR) is 134 cm³/mol. The number of ether oxygens (including phenoxy) is 2. The zero-order valence-electron chi connectivity index (χ0n) is 20.0. The van der Waals surface area contributed by atoms with Gasteiger partial charge in [0.25, 0.3) is 0 Å². The summed E-state index contributed by atoms with van der Waals surface area (Å²) in [5, 5.41) is 0. The van der Waals surface area contributed by atoms with E-state index in [-0.39, 0.29) is 11.8 Å². The van der Waals surface area contributed by atoms with Gasteiger partial charge in [-0.25, -0.2) is 4.98 Å². The maximum absolute atomic E-state index is 13.2. The van der Waals surface area contributed by atoms with Crippen molar-refractivity contribution in [1.29, 1.82) is 0 Å². The molecule has 0 N–H and O–H groups in total. The lowest BCUT2D eigenvalue weighted by atomic mass is 10.0. The van der Waals surface area contributed by atoms with Gasteiger partial charge in [-0.3, -0.25) is 4.79 Å². The molecule has 0 aliphatic carbocycles. The van der Waals surface area contributed by atoms with Crippen LogP contribution < -0.4 is 14.4 Å². The number of carbonyl (C=O) groups excluding carboxylic acids is 1. The summed E-state index contributed by atoms with van der Waals surface area (Å²) >= 11 is 0. The van der Waals surface area contributed by atoms with Crippen molar-refractivity contribution in [1.82, 2.24) is 9.55 Å². The second kappa shape index (κ2) is 8.86. The smallest absolute Gasteiger partial charge is 0.227 e. The average molecular weight is 456 g/mol. The summed E-state index contributed by atoms with van der Waals surface area (Å²) in [7, 11) is 3.24. The third-order valence-corrected chi connectivity index (χ3v) is 6.68. The van der Waals surface area contributed by atoms with Crippen molar-refractivity contribution in [3.8, 4) is 11.5 Å². The molecule has 1 aliphatic rings. The van der Waals surface area contributed by atoms with E-state index in [4.69, 9.17) is 14.5 Å². The molecule has 0 saturated carbocycles. The Bertz CT molecular complexity index is 1370. The molecule has 0 bridgehead atoms. The number of anilines is 1. The molecule has 5 rings (SSSR count). The highest BCUT2D eigenvalue weighted by Crippen LogP contribution is 2.39. The van der Waals surface area contributed by atoms with E-state index < -0.39 is 0 Å². The van der Waals surface area contributed by atoms with Crippen LogP contribution in [0.3, 0.4) is 0 Å². The summed E-state index contributed by atoms with van der Waals surface area (Å²) < 4.78 is 13.2. The molecule has 1 atom stereocenters. The molecule has 1 saturated heterocycles. The van der Waals surface area contributed by atoms with Gasteiger partial charge in [-0.1, -0.05) is 35.9 Å². The minimum absolute atomic E-state index is 0.0269. The van der Waals surface area contributed by atoms with Crippen LogP contribution in [0.4, 0.5) is 5.69 Å². The number of para-hydroxylation sites is 2. The fourth-order valence-corrected chi connectivity index (χ4v) is 4.83. The molecule has 1 fully saturated rings. The number of imidazole rings is 1. The first-order valence-corrected chi connectivity index (χ1v) is 11.5. The van der Waals surface area contributed by atoms with E-state index in [0.717, 1.165) is 29.1 Å². The third kappa shape index (κ3) is 3.89. The lowest BCUT2D eigenvalue weighted by molar-refractivity contribution is -0.117. The SMILES string of the molecule is COc1ccc(OC)c(N2C[C@H](c3nc4ccccc4n3Cc3cc(C)ccc3C)CC2=O)c1. The zero-order valence-corrected chi connectivity index (χ0v) is 20.0. The topological polar surface area (TPSA) is 56.6 Å². The summed E-state index contributed by atoms with van der Waals surface area (Å²) in [6.07, 6.45) is 0.399. The van der Waals surface area contributed by atoms with Crippen LogP contribution in [0.2, 0.25) is 0 Å². The molecule has 2 heterocycles. The maximum atomic E-state index is 13.2. The van der Waals surface area contributed by atoms with E-state index in [2.05, 4.69) is 42.7 Å². The van der Waals surface area contributed by atoms with Gasteiger partial charge in [-0.05, 0) is 49.2 Å². The number of amides is 1. The van der Waals surface area contributed by atoms with Gasteiger partial charge in [0.2, 0.25) is 5.91 Å². The van der Waals surface area contributed by atoms with Gasteiger partial charge in [-0.15, -0.1) is 0 Å². The number of fused-ring (bicyclic) bond motifs is 1. The second-order valence-electron chi connectivity index (χ2n) is 8.92. The van der Waals surface area contributed by atoms with Gasteiger partial charge in [-0.2, -0.15) is 0 Å². The number of aryl methyl sites for hydroxylation is 2. The molecule has 6 nitrogen and oxygen atoms in total. The van der Waals surface area contributed by atoms with Gasteiger partial charge in [0, 0.05) is 31.5 Å². The maximum Gasteiger partial charge on any atom is 0.227 e. The van der Waals surface area contributed by atoms with Gasteiger partial charge in [0.05, 0.1) is 30.9 Å². The molecule has 0 spiro atoms. The molecule has 1 aromatic heterocycles. The van der Waals surface area contributed by atoms with Crippen molar-refractivity contribution in [2.75, 3.05) is 25.7 Å². The fraction of sp³-hybridized carbons (Fsp3) is 0.286. The number of carbonyl (C=O) groups is 1. The van der Waals surface area contributed by atoms with Gasteiger partial charge >= 0.3 is 0 Å². The first kappa shape index (κ1) is 22.0. The average Bonchev–Trinajstić information content (AvgIpc) is 3.41. The van der Waals surface area contributed by atoms with E-state index in [1.165, 1.54) is 16.7 Å². The van der Waals surface area contributed by atoms with Crippen molar-refractivity contribution >= 4 is 22.6 Å². The minimum atomic E-state index is -0.0269. The summed E-state index contributed by atoms with van der Waals surface area (Å²) in [5.74, 6) is 2.32. The van der Waals surface area contributed by atoms with E-state index in [9.17, 15) is 4.79 Å². The highest BCUT2D eigenvalue weighted by molar-refractivity contribution is 5.98. The van der Waals surface area contributed by atoms with E-state index in [1.807, 2.05) is 36.4 Å². The van der Waals surface area contributed by atoms with Crippen LogP contribution in [0.25, 0.3) is 11.0 Å². The Balaban J connectivity index is 1.55. The van der Waals surface area contributed by atoms with Crippen LogP contribution in [-0.4, -0.2) is 36.2 Å². The largest absolute Gasteiger partial charge is 0.497 e. The third-order valence-electron chi connectivity index (χ3n) is 6.68. The molecule has 34 heavy (non-hydrogen) atoms. The molecular formula is C28H29N3O3. The number of rotatable bonds is 6. The number of aromatic nitrogens is 2. The van der Waals surface area contributed by atoms with Crippen molar-refractivity contribution in [3.05, 3.63) is 83.2 Å². The Hall–Kier alpha value is -3.80. The molecule has 1 amide bonds. The van der Waals surface area contributed by atoms with Crippen LogP contribution in [0.1, 0.15) is 34.9 Å². The number of hydrogen-bond donors (Lipinski definition) is 0. The molecule has 6 heteroatoms. The summed E-state index contributed by atoms with van der Waals surface area (Å²) in [5.41, 5.74) is 6.51. The molecule has 4 aromatic rings.